The lowest BCUT2D eigenvalue weighted by Gasteiger charge is -2.13. The lowest BCUT2D eigenvalue weighted by molar-refractivity contribution is -0.385. The summed E-state index contributed by atoms with van der Waals surface area (Å²) in [6.45, 7) is 4.42. The minimum atomic E-state index is -0.363. The van der Waals surface area contributed by atoms with Gasteiger partial charge in [0.15, 0.2) is 0 Å². The van der Waals surface area contributed by atoms with Crippen LogP contribution >= 0.6 is 0 Å². The van der Waals surface area contributed by atoms with Gasteiger partial charge in [-0.05, 0) is 26.7 Å². The fraction of sp³-hybridized carbons (Fsp3) is 0.412. The maximum absolute atomic E-state index is 11.1. The van der Waals surface area contributed by atoms with E-state index in [-0.39, 0.29) is 16.7 Å². The maximum Gasteiger partial charge on any atom is 0.274 e. The first-order valence-corrected chi connectivity index (χ1v) is 8.14. The summed E-state index contributed by atoms with van der Waals surface area (Å²) in [5, 5.41) is 17.5. The van der Waals surface area contributed by atoms with Crippen molar-refractivity contribution >= 4 is 17.5 Å². The van der Waals surface area contributed by atoms with Crippen LogP contribution in [0.1, 0.15) is 43.9 Å². The largest absolute Gasteiger partial charge is 0.366 e. The molecule has 0 radical (unpaired) electrons. The van der Waals surface area contributed by atoms with Gasteiger partial charge in [-0.1, -0.05) is 18.2 Å². The summed E-state index contributed by atoms with van der Waals surface area (Å²) in [6, 6.07) is 8.91. The van der Waals surface area contributed by atoms with Crippen LogP contribution in [0.4, 0.5) is 17.5 Å². The van der Waals surface area contributed by atoms with Crippen molar-refractivity contribution in [1.82, 2.24) is 9.97 Å². The summed E-state index contributed by atoms with van der Waals surface area (Å²) in [5.74, 6) is 1.79. The van der Waals surface area contributed by atoms with Gasteiger partial charge in [0.05, 0.1) is 10.6 Å². The monoisotopic (exact) mass is 327 g/mol. The van der Waals surface area contributed by atoms with E-state index in [2.05, 4.69) is 20.6 Å². The van der Waals surface area contributed by atoms with Crippen LogP contribution in [-0.4, -0.2) is 20.9 Å². The molecule has 2 aromatic rings. The third-order valence-electron chi connectivity index (χ3n) is 3.81. The van der Waals surface area contributed by atoms with Gasteiger partial charge in [-0.15, -0.1) is 0 Å². The molecule has 0 spiro atoms. The number of para-hydroxylation sites is 1. The number of hydrogen-bond acceptors (Lipinski definition) is 6. The molecule has 0 atom stereocenters. The van der Waals surface area contributed by atoms with E-state index in [1.54, 1.807) is 18.2 Å². The van der Waals surface area contributed by atoms with E-state index < -0.39 is 0 Å². The Kier molecular flexibility index (Phi) is 4.59. The molecule has 126 valence electrons. The first-order chi connectivity index (χ1) is 11.5. The highest BCUT2D eigenvalue weighted by Gasteiger charge is 2.26. The number of nitrogens with zero attached hydrogens (tertiary/aromatic N) is 3. The van der Waals surface area contributed by atoms with Crippen LogP contribution in [0.5, 0.6) is 0 Å². The first-order valence-electron chi connectivity index (χ1n) is 8.14. The quantitative estimate of drug-likeness (QED) is 0.595. The first kappa shape index (κ1) is 16.2. The molecule has 1 saturated carbocycles. The van der Waals surface area contributed by atoms with Crippen LogP contribution in [0, 0.1) is 10.1 Å². The number of nitro groups is 1. The zero-order valence-corrected chi connectivity index (χ0v) is 13.8. The molecule has 0 amide bonds. The predicted molar refractivity (Wildman–Crippen MR) is 93.2 cm³/mol. The smallest absolute Gasteiger partial charge is 0.274 e. The minimum absolute atomic E-state index is 0.113. The number of aromatic nitrogens is 2. The van der Waals surface area contributed by atoms with Crippen LogP contribution in [0.2, 0.25) is 0 Å². The average molecular weight is 327 g/mol. The summed E-state index contributed by atoms with van der Waals surface area (Å²) >= 11 is 0. The fourth-order valence-corrected chi connectivity index (χ4v) is 2.49. The summed E-state index contributed by atoms with van der Waals surface area (Å²) in [7, 11) is 0. The van der Waals surface area contributed by atoms with Gasteiger partial charge in [0, 0.05) is 36.2 Å². The molecule has 0 unspecified atom stereocenters. The summed E-state index contributed by atoms with van der Waals surface area (Å²) in [4.78, 5) is 19.8. The summed E-state index contributed by atoms with van der Waals surface area (Å²) in [5.41, 5.74) is 1.77. The second-order valence-electron chi connectivity index (χ2n) is 6.31. The Morgan fingerprint density at radius 1 is 1.29 bits per heavy atom. The minimum Gasteiger partial charge on any atom is -0.366 e. The number of benzene rings is 1. The van der Waals surface area contributed by atoms with Crippen molar-refractivity contribution in [1.29, 1.82) is 0 Å². The van der Waals surface area contributed by atoms with Crippen molar-refractivity contribution in [3.63, 3.8) is 0 Å². The average Bonchev–Trinajstić information content (AvgIpc) is 3.37. The van der Waals surface area contributed by atoms with Crippen molar-refractivity contribution in [2.45, 2.75) is 45.2 Å². The molecule has 1 aliphatic carbocycles. The van der Waals surface area contributed by atoms with Gasteiger partial charge in [-0.25, -0.2) is 4.98 Å². The molecule has 0 aliphatic heterocycles. The lowest BCUT2D eigenvalue weighted by Crippen LogP contribution is -2.14. The number of rotatable bonds is 7. The van der Waals surface area contributed by atoms with E-state index in [0.717, 1.165) is 18.5 Å². The molecule has 1 fully saturated rings. The molecule has 7 nitrogen and oxygen atoms in total. The topological polar surface area (TPSA) is 93.0 Å². The van der Waals surface area contributed by atoms with E-state index in [1.807, 2.05) is 19.9 Å². The van der Waals surface area contributed by atoms with Gasteiger partial charge in [-0.3, -0.25) is 10.1 Å². The number of anilines is 2. The SMILES string of the molecule is CC(C)Nc1nc(NCc2ccccc2[N+](=O)[O-])cc(C2CC2)n1. The van der Waals surface area contributed by atoms with Gasteiger partial charge < -0.3 is 10.6 Å². The van der Waals surface area contributed by atoms with Gasteiger partial charge >= 0.3 is 0 Å². The molecule has 1 aromatic heterocycles. The van der Waals surface area contributed by atoms with E-state index in [4.69, 9.17) is 0 Å². The Morgan fingerprint density at radius 3 is 2.71 bits per heavy atom. The number of nitrogens with one attached hydrogen (secondary N) is 2. The van der Waals surface area contributed by atoms with Gasteiger partial charge in [0.2, 0.25) is 5.95 Å². The molecule has 7 heteroatoms. The van der Waals surface area contributed by atoms with Crippen LogP contribution in [-0.2, 0) is 6.54 Å². The molecular weight excluding hydrogens is 306 g/mol. The van der Waals surface area contributed by atoms with E-state index in [1.165, 1.54) is 6.07 Å². The van der Waals surface area contributed by atoms with Gasteiger partial charge in [-0.2, -0.15) is 4.98 Å². The second-order valence-corrected chi connectivity index (χ2v) is 6.31. The van der Waals surface area contributed by atoms with Crippen LogP contribution < -0.4 is 10.6 Å². The molecule has 3 rings (SSSR count). The van der Waals surface area contributed by atoms with E-state index in [9.17, 15) is 10.1 Å². The molecular formula is C17H21N5O2. The third kappa shape index (κ3) is 3.98. The highest BCUT2D eigenvalue weighted by Crippen LogP contribution is 2.40. The van der Waals surface area contributed by atoms with Gasteiger partial charge in [0.1, 0.15) is 5.82 Å². The normalized spacial score (nSPS) is 13.8. The number of nitro benzene ring substituents is 1. The van der Waals surface area contributed by atoms with Crippen LogP contribution in [0.3, 0.4) is 0 Å². The highest BCUT2D eigenvalue weighted by molar-refractivity contribution is 5.47. The Labute approximate surface area is 140 Å². The van der Waals surface area contributed by atoms with E-state index in [0.29, 0.717) is 29.8 Å². The fourth-order valence-electron chi connectivity index (χ4n) is 2.49. The highest BCUT2D eigenvalue weighted by atomic mass is 16.6. The Bertz CT molecular complexity index is 744. The van der Waals surface area contributed by atoms with Crippen molar-refractivity contribution < 1.29 is 4.92 Å². The molecule has 1 heterocycles. The van der Waals surface area contributed by atoms with Gasteiger partial charge in [0.25, 0.3) is 5.69 Å². The maximum atomic E-state index is 11.1. The molecule has 2 N–H and O–H groups in total. The summed E-state index contributed by atoms with van der Waals surface area (Å²) in [6.07, 6.45) is 2.31. The zero-order chi connectivity index (χ0) is 17.1. The number of hydrogen-bond donors (Lipinski definition) is 2. The predicted octanol–water partition coefficient (Wildman–Crippen LogP) is 3.69. The Morgan fingerprint density at radius 2 is 2.04 bits per heavy atom. The Hall–Kier alpha value is -2.70. The van der Waals surface area contributed by atoms with Crippen LogP contribution in [0.25, 0.3) is 0 Å². The molecule has 0 bridgehead atoms. The lowest BCUT2D eigenvalue weighted by atomic mass is 10.2. The Balaban J connectivity index is 1.79. The molecule has 1 aromatic carbocycles. The van der Waals surface area contributed by atoms with E-state index >= 15 is 0 Å². The van der Waals surface area contributed by atoms with Crippen molar-refractivity contribution in [3.8, 4) is 0 Å². The molecule has 0 saturated heterocycles. The van der Waals surface area contributed by atoms with Crippen molar-refractivity contribution in [3.05, 3.63) is 51.7 Å². The van der Waals surface area contributed by atoms with Crippen molar-refractivity contribution in [2.24, 2.45) is 0 Å². The van der Waals surface area contributed by atoms with Crippen LogP contribution in [0.15, 0.2) is 30.3 Å². The molecule has 1 aliphatic rings. The summed E-state index contributed by atoms with van der Waals surface area (Å²) < 4.78 is 0. The standard InChI is InChI=1S/C17H21N5O2/c1-11(2)19-17-20-14(12-7-8-12)9-16(21-17)18-10-13-5-3-4-6-15(13)22(23)24/h3-6,9,11-12H,7-8,10H2,1-2H3,(H2,18,19,20,21). The second kappa shape index (κ2) is 6.82. The molecule has 24 heavy (non-hydrogen) atoms. The zero-order valence-electron chi connectivity index (χ0n) is 13.8. The van der Waals surface area contributed by atoms with Crippen molar-refractivity contribution in [2.75, 3.05) is 10.6 Å². The third-order valence-corrected chi connectivity index (χ3v) is 3.81.